The van der Waals surface area contributed by atoms with Gasteiger partial charge >= 0.3 is 5.97 Å². The number of rotatable bonds is 6. The van der Waals surface area contributed by atoms with Gasteiger partial charge in [-0.25, -0.2) is 9.97 Å². The first-order chi connectivity index (χ1) is 7.59. The van der Waals surface area contributed by atoms with Crippen LogP contribution >= 0.6 is 0 Å². The molecule has 0 bridgehead atoms. The fourth-order valence-corrected chi connectivity index (χ4v) is 1.25. The van der Waals surface area contributed by atoms with Gasteiger partial charge in [-0.2, -0.15) is 0 Å². The molecule has 0 aromatic carbocycles. The van der Waals surface area contributed by atoms with Crippen LogP contribution in [-0.2, 0) is 11.3 Å². The van der Waals surface area contributed by atoms with E-state index >= 15 is 0 Å². The number of aromatic nitrogens is 2. The Bertz CT molecular complexity index is 331. The number of nitrogens with two attached hydrogens (primary N) is 1. The molecule has 0 aliphatic carbocycles. The van der Waals surface area contributed by atoms with E-state index in [2.05, 4.69) is 15.3 Å². The summed E-state index contributed by atoms with van der Waals surface area (Å²) in [7, 11) is 0. The van der Waals surface area contributed by atoms with Crippen molar-refractivity contribution >= 4 is 5.97 Å². The zero-order valence-corrected chi connectivity index (χ0v) is 9.13. The number of carboxylic acid groups (broad SMARTS) is 1. The quantitative estimate of drug-likeness (QED) is 0.616. The van der Waals surface area contributed by atoms with Crippen LogP contribution in [0.5, 0.6) is 0 Å². The lowest BCUT2D eigenvalue weighted by atomic mass is 10.1. The summed E-state index contributed by atoms with van der Waals surface area (Å²) < 4.78 is 0. The second kappa shape index (κ2) is 6.14. The Morgan fingerprint density at radius 3 is 2.75 bits per heavy atom. The van der Waals surface area contributed by atoms with Crippen LogP contribution in [0.3, 0.4) is 0 Å². The molecule has 0 saturated heterocycles. The van der Waals surface area contributed by atoms with Crippen LogP contribution in [0.4, 0.5) is 0 Å². The van der Waals surface area contributed by atoms with E-state index in [9.17, 15) is 4.79 Å². The standard InChI is InChI=1S/C10H16N4O2/c1-7(5-8(11)10(15)16)14-6-9-12-3-2-4-13-9/h2-4,7-8,14H,5-6,11H2,1H3,(H,15,16). The predicted molar refractivity (Wildman–Crippen MR) is 58.6 cm³/mol. The number of aliphatic carboxylic acids is 1. The van der Waals surface area contributed by atoms with Gasteiger partial charge in [-0.3, -0.25) is 4.79 Å². The largest absolute Gasteiger partial charge is 0.480 e. The fraction of sp³-hybridized carbons (Fsp3) is 0.500. The molecular weight excluding hydrogens is 208 g/mol. The molecule has 1 rings (SSSR count). The van der Waals surface area contributed by atoms with Gasteiger partial charge < -0.3 is 16.2 Å². The fourth-order valence-electron chi connectivity index (χ4n) is 1.25. The number of nitrogens with zero attached hydrogens (tertiary/aromatic N) is 2. The van der Waals surface area contributed by atoms with Crippen molar-refractivity contribution in [2.75, 3.05) is 0 Å². The Morgan fingerprint density at radius 2 is 2.19 bits per heavy atom. The minimum Gasteiger partial charge on any atom is -0.480 e. The molecule has 1 heterocycles. The minimum atomic E-state index is -0.982. The van der Waals surface area contributed by atoms with Crippen molar-refractivity contribution < 1.29 is 9.90 Å². The Hall–Kier alpha value is -1.53. The van der Waals surface area contributed by atoms with Crippen LogP contribution in [-0.4, -0.2) is 33.1 Å². The number of hydrogen-bond acceptors (Lipinski definition) is 5. The molecular formula is C10H16N4O2. The number of carbonyl (C=O) groups is 1. The van der Waals surface area contributed by atoms with Crippen LogP contribution in [0.1, 0.15) is 19.2 Å². The third-order valence-electron chi connectivity index (χ3n) is 2.15. The van der Waals surface area contributed by atoms with Crippen molar-refractivity contribution in [1.29, 1.82) is 0 Å². The molecule has 0 saturated carbocycles. The second-order valence-electron chi connectivity index (χ2n) is 3.63. The first kappa shape index (κ1) is 12.5. The maximum Gasteiger partial charge on any atom is 0.320 e. The first-order valence-corrected chi connectivity index (χ1v) is 5.07. The molecule has 0 fully saturated rings. The van der Waals surface area contributed by atoms with E-state index in [1.54, 1.807) is 18.5 Å². The van der Waals surface area contributed by atoms with Crippen LogP contribution in [0.2, 0.25) is 0 Å². The summed E-state index contributed by atoms with van der Waals surface area (Å²) >= 11 is 0. The lowest BCUT2D eigenvalue weighted by molar-refractivity contribution is -0.138. The highest BCUT2D eigenvalue weighted by molar-refractivity contribution is 5.73. The van der Waals surface area contributed by atoms with Crippen molar-refractivity contribution in [1.82, 2.24) is 15.3 Å². The first-order valence-electron chi connectivity index (χ1n) is 5.07. The molecule has 0 radical (unpaired) electrons. The molecule has 1 aromatic heterocycles. The van der Waals surface area contributed by atoms with Gasteiger partial charge in [0.25, 0.3) is 0 Å². The van der Waals surface area contributed by atoms with Crippen molar-refractivity contribution in [3.05, 3.63) is 24.3 Å². The molecule has 16 heavy (non-hydrogen) atoms. The lowest BCUT2D eigenvalue weighted by Crippen LogP contribution is -2.38. The van der Waals surface area contributed by atoms with Gasteiger partial charge in [-0.05, 0) is 19.4 Å². The maximum absolute atomic E-state index is 10.5. The van der Waals surface area contributed by atoms with Gasteiger partial charge in [0.1, 0.15) is 11.9 Å². The SMILES string of the molecule is CC(CC(N)C(=O)O)NCc1ncccn1. The average Bonchev–Trinajstić information content (AvgIpc) is 2.27. The normalized spacial score (nSPS) is 14.4. The van der Waals surface area contributed by atoms with Gasteiger partial charge in [0.2, 0.25) is 0 Å². The molecule has 0 aliphatic rings. The van der Waals surface area contributed by atoms with E-state index in [4.69, 9.17) is 10.8 Å². The predicted octanol–water partition coefficient (Wildman–Crippen LogP) is -0.243. The van der Waals surface area contributed by atoms with Crippen molar-refractivity contribution in [2.45, 2.75) is 32.0 Å². The third-order valence-corrected chi connectivity index (χ3v) is 2.15. The molecule has 1 aromatic rings. The van der Waals surface area contributed by atoms with E-state index in [0.717, 1.165) is 0 Å². The van der Waals surface area contributed by atoms with E-state index < -0.39 is 12.0 Å². The topological polar surface area (TPSA) is 101 Å². The second-order valence-corrected chi connectivity index (χ2v) is 3.63. The smallest absolute Gasteiger partial charge is 0.320 e. The van der Waals surface area contributed by atoms with Crippen LogP contribution < -0.4 is 11.1 Å². The Kier molecular flexibility index (Phi) is 4.81. The molecule has 0 spiro atoms. The van der Waals surface area contributed by atoms with Gasteiger partial charge in [0.05, 0.1) is 6.54 Å². The monoisotopic (exact) mass is 224 g/mol. The summed E-state index contributed by atoms with van der Waals surface area (Å²) in [5, 5.41) is 11.8. The summed E-state index contributed by atoms with van der Waals surface area (Å²) in [5.74, 6) is -0.303. The highest BCUT2D eigenvalue weighted by Crippen LogP contribution is 1.97. The van der Waals surface area contributed by atoms with E-state index in [1.165, 1.54) is 0 Å². The van der Waals surface area contributed by atoms with Crippen molar-refractivity contribution in [3.8, 4) is 0 Å². The summed E-state index contributed by atoms with van der Waals surface area (Å²) in [5.41, 5.74) is 5.42. The highest BCUT2D eigenvalue weighted by Gasteiger charge is 2.15. The highest BCUT2D eigenvalue weighted by atomic mass is 16.4. The molecule has 0 amide bonds. The Labute approximate surface area is 93.9 Å². The lowest BCUT2D eigenvalue weighted by Gasteiger charge is -2.15. The van der Waals surface area contributed by atoms with Crippen molar-refractivity contribution in [2.24, 2.45) is 5.73 Å². The van der Waals surface area contributed by atoms with Crippen LogP contribution in [0, 0.1) is 0 Å². The van der Waals surface area contributed by atoms with Gasteiger partial charge in [0, 0.05) is 18.4 Å². The molecule has 4 N–H and O–H groups in total. The third kappa shape index (κ3) is 4.33. The number of carboxylic acids is 1. The summed E-state index contributed by atoms with van der Waals surface area (Å²) in [6.45, 7) is 2.39. The summed E-state index contributed by atoms with van der Waals surface area (Å²) in [6.07, 6.45) is 3.71. The molecule has 88 valence electrons. The molecule has 0 aliphatic heterocycles. The molecule has 2 atom stereocenters. The van der Waals surface area contributed by atoms with Gasteiger partial charge in [-0.1, -0.05) is 0 Å². The van der Waals surface area contributed by atoms with Crippen LogP contribution in [0.25, 0.3) is 0 Å². The Balaban J connectivity index is 2.30. The zero-order chi connectivity index (χ0) is 12.0. The van der Waals surface area contributed by atoms with E-state index in [-0.39, 0.29) is 6.04 Å². The zero-order valence-electron chi connectivity index (χ0n) is 9.13. The van der Waals surface area contributed by atoms with E-state index in [1.807, 2.05) is 6.92 Å². The average molecular weight is 224 g/mol. The van der Waals surface area contributed by atoms with Crippen molar-refractivity contribution in [3.63, 3.8) is 0 Å². The minimum absolute atomic E-state index is 0.00917. The molecule has 6 heteroatoms. The summed E-state index contributed by atoms with van der Waals surface area (Å²) in [6, 6.07) is 0.918. The maximum atomic E-state index is 10.5. The number of nitrogens with one attached hydrogen (secondary N) is 1. The molecule has 2 unspecified atom stereocenters. The van der Waals surface area contributed by atoms with Crippen LogP contribution in [0.15, 0.2) is 18.5 Å². The van der Waals surface area contributed by atoms with E-state index in [0.29, 0.717) is 18.8 Å². The van der Waals surface area contributed by atoms with Gasteiger partial charge in [-0.15, -0.1) is 0 Å². The Morgan fingerprint density at radius 1 is 1.56 bits per heavy atom. The number of hydrogen-bond donors (Lipinski definition) is 3. The molecule has 6 nitrogen and oxygen atoms in total. The summed E-state index contributed by atoms with van der Waals surface area (Å²) in [4.78, 5) is 18.6. The van der Waals surface area contributed by atoms with Gasteiger partial charge in [0.15, 0.2) is 0 Å².